The Labute approximate surface area is 122 Å². The summed E-state index contributed by atoms with van der Waals surface area (Å²) in [6.07, 6.45) is -4.72. The van der Waals surface area contributed by atoms with Crippen molar-refractivity contribution < 1.29 is 18.3 Å². The van der Waals surface area contributed by atoms with Crippen LogP contribution in [-0.4, -0.2) is 11.3 Å². The molecule has 0 spiro atoms. The number of benzene rings is 2. The molecular formula is C17H19F3O. The highest BCUT2D eigenvalue weighted by Gasteiger charge is 2.51. The zero-order chi connectivity index (χ0) is 16.1. The van der Waals surface area contributed by atoms with E-state index in [0.717, 1.165) is 17.9 Å². The van der Waals surface area contributed by atoms with Gasteiger partial charge in [-0.1, -0.05) is 57.2 Å². The summed E-state index contributed by atoms with van der Waals surface area (Å²) in [6, 6.07) is 9.97. The molecule has 0 saturated carbocycles. The van der Waals surface area contributed by atoms with Crippen LogP contribution in [0.25, 0.3) is 10.8 Å². The molecule has 0 saturated heterocycles. The maximum Gasteiger partial charge on any atom is 0.421 e. The Morgan fingerprint density at radius 3 is 1.62 bits per heavy atom. The Kier molecular flexibility index (Phi) is 3.57. The normalized spacial score (nSPS) is 16.0. The average molecular weight is 296 g/mol. The minimum atomic E-state index is -4.72. The molecule has 1 unspecified atom stereocenters. The molecule has 0 aliphatic rings. The van der Waals surface area contributed by atoms with Gasteiger partial charge in [0.05, 0.1) is 0 Å². The lowest BCUT2D eigenvalue weighted by Gasteiger charge is -2.30. The Morgan fingerprint density at radius 2 is 1.19 bits per heavy atom. The Morgan fingerprint density at radius 1 is 0.762 bits per heavy atom. The van der Waals surface area contributed by atoms with Gasteiger partial charge in [-0.3, -0.25) is 0 Å². The monoisotopic (exact) mass is 296 g/mol. The van der Waals surface area contributed by atoms with Crippen LogP contribution in [0.4, 0.5) is 13.2 Å². The molecule has 4 heteroatoms. The number of aliphatic hydroxyl groups is 1. The topological polar surface area (TPSA) is 20.2 Å². The van der Waals surface area contributed by atoms with Crippen LogP contribution in [0, 0.1) is 0 Å². The highest BCUT2D eigenvalue weighted by atomic mass is 19.4. The van der Waals surface area contributed by atoms with Crippen LogP contribution in [0.5, 0.6) is 0 Å². The van der Waals surface area contributed by atoms with Gasteiger partial charge in [0.2, 0.25) is 0 Å². The van der Waals surface area contributed by atoms with Gasteiger partial charge in [0.1, 0.15) is 0 Å². The molecule has 2 aromatic carbocycles. The first-order valence-electron chi connectivity index (χ1n) is 6.78. The summed E-state index contributed by atoms with van der Waals surface area (Å²) in [5.41, 5.74) is -2.22. The van der Waals surface area contributed by atoms with Gasteiger partial charge >= 0.3 is 6.18 Å². The summed E-state index contributed by atoms with van der Waals surface area (Å²) in [7, 11) is 0. The molecule has 0 bridgehead atoms. The zero-order valence-electron chi connectivity index (χ0n) is 12.5. The molecular weight excluding hydrogens is 277 g/mol. The minimum Gasteiger partial charge on any atom is -0.376 e. The highest BCUT2D eigenvalue weighted by Crippen LogP contribution is 2.43. The summed E-state index contributed by atoms with van der Waals surface area (Å²) in [4.78, 5) is 0. The SMILES string of the molecule is CC(C)(C)c1ccc(C(C)(O)C(F)(F)F)c2ccccc12. The second kappa shape index (κ2) is 4.73. The van der Waals surface area contributed by atoms with Gasteiger partial charge in [-0.05, 0) is 28.7 Å². The third-order valence-electron chi connectivity index (χ3n) is 3.81. The molecule has 114 valence electrons. The van der Waals surface area contributed by atoms with E-state index in [4.69, 9.17) is 0 Å². The molecule has 0 radical (unpaired) electrons. The summed E-state index contributed by atoms with van der Waals surface area (Å²) in [5, 5.41) is 11.2. The predicted octanol–water partition coefficient (Wildman–Crippen LogP) is 4.91. The molecule has 1 nitrogen and oxygen atoms in total. The van der Waals surface area contributed by atoms with Crippen LogP contribution in [0.1, 0.15) is 38.8 Å². The van der Waals surface area contributed by atoms with Crippen molar-refractivity contribution >= 4 is 10.8 Å². The molecule has 2 aromatic rings. The Balaban J connectivity index is 2.82. The molecule has 0 amide bonds. The van der Waals surface area contributed by atoms with Crippen molar-refractivity contribution in [1.29, 1.82) is 0 Å². The van der Waals surface area contributed by atoms with E-state index >= 15 is 0 Å². The van der Waals surface area contributed by atoms with Crippen LogP contribution >= 0.6 is 0 Å². The molecule has 2 rings (SSSR count). The lowest BCUT2D eigenvalue weighted by Crippen LogP contribution is -2.39. The smallest absolute Gasteiger partial charge is 0.376 e. The first-order chi connectivity index (χ1) is 9.46. The fraction of sp³-hybridized carbons (Fsp3) is 0.412. The summed E-state index contributed by atoms with van der Waals surface area (Å²) in [5.74, 6) is 0. The molecule has 0 aromatic heterocycles. The van der Waals surface area contributed by atoms with E-state index in [1.54, 1.807) is 30.3 Å². The summed E-state index contributed by atoms with van der Waals surface area (Å²) in [6.45, 7) is 6.83. The predicted molar refractivity (Wildman–Crippen MR) is 78.3 cm³/mol. The van der Waals surface area contributed by atoms with Crippen LogP contribution in [0.2, 0.25) is 0 Å². The number of rotatable bonds is 1. The van der Waals surface area contributed by atoms with Crippen molar-refractivity contribution in [3.8, 4) is 0 Å². The highest BCUT2D eigenvalue weighted by molar-refractivity contribution is 5.90. The van der Waals surface area contributed by atoms with Crippen LogP contribution in [-0.2, 0) is 11.0 Å². The molecule has 0 aliphatic carbocycles. The fourth-order valence-electron chi connectivity index (χ4n) is 2.53. The first kappa shape index (κ1) is 15.8. The van der Waals surface area contributed by atoms with Crippen molar-refractivity contribution in [3.63, 3.8) is 0 Å². The van der Waals surface area contributed by atoms with Crippen molar-refractivity contribution in [2.24, 2.45) is 0 Å². The number of fused-ring (bicyclic) bond motifs is 1. The summed E-state index contributed by atoms with van der Waals surface area (Å²) < 4.78 is 39.4. The standard InChI is InChI=1S/C17H19F3O/c1-15(2,3)13-9-10-14(16(4,21)17(18,19)20)12-8-6-5-7-11(12)13/h5-10,21H,1-4H3. The zero-order valence-corrected chi connectivity index (χ0v) is 12.5. The van der Waals surface area contributed by atoms with E-state index in [0.29, 0.717) is 5.39 Å². The second-order valence-corrected chi connectivity index (χ2v) is 6.53. The van der Waals surface area contributed by atoms with Crippen molar-refractivity contribution in [2.45, 2.75) is 44.9 Å². The van der Waals surface area contributed by atoms with Crippen molar-refractivity contribution in [3.05, 3.63) is 47.5 Å². The fourth-order valence-corrected chi connectivity index (χ4v) is 2.53. The van der Waals surface area contributed by atoms with Gasteiger partial charge in [-0.2, -0.15) is 13.2 Å². The largest absolute Gasteiger partial charge is 0.421 e. The van der Waals surface area contributed by atoms with Crippen LogP contribution < -0.4 is 0 Å². The Bertz CT molecular complexity index is 664. The van der Waals surface area contributed by atoms with Gasteiger partial charge < -0.3 is 5.11 Å². The van der Waals surface area contributed by atoms with Gasteiger partial charge in [0.15, 0.2) is 5.60 Å². The third-order valence-corrected chi connectivity index (χ3v) is 3.81. The van der Waals surface area contributed by atoms with Gasteiger partial charge in [-0.15, -0.1) is 0 Å². The molecule has 1 atom stereocenters. The molecule has 21 heavy (non-hydrogen) atoms. The average Bonchev–Trinajstić information content (AvgIpc) is 2.34. The first-order valence-corrected chi connectivity index (χ1v) is 6.78. The van der Waals surface area contributed by atoms with E-state index in [2.05, 4.69) is 0 Å². The number of halogens is 3. The maximum atomic E-state index is 13.1. The van der Waals surface area contributed by atoms with Crippen molar-refractivity contribution in [1.82, 2.24) is 0 Å². The van der Waals surface area contributed by atoms with Gasteiger partial charge in [-0.25, -0.2) is 0 Å². The van der Waals surface area contributed by atoms with E-state index in [9.17, 15) is 18.3 Å². The minimum absolute atomic E-state index is 0.112. The lowest BCUT2D eigenvalue weighted by atomic mass is 9.80. The molecule has 0 aliphatic heterocycles. The van der Waals surface area contributed by atoms with Crippen LogP contribution in [0.15, 0.2) is 36.4 Å². The van der Waals surface area contributed by atoms with Crippen LogP contribution in [0.3, 0.4) is 0 Å². The second-order valence-electron chi connectivity index (χ2n) is 6.53. The molecule has 1 N–H and O–H groups in total. The number of hydrogen-bond donors (Lipinski definition) is 1. The molecule has 0 fully saturated rings. The van der Waals surface area contributed by atoms with Gasteiger partial charge in [0, 0.05) is 5.56 Å². The van der Waals surface area contributed by atoms with Gasteiger partial charge in [0.25, 0.3) is 0 Å². The summed E-state index contributed by atoms with van der Waals surface area (Å²) >= 11 is 0. The third kappa shape index (κ3) is 2.64. The lowest BCUT2D eigenvalue weighted by molar-refractivity contribution is -0.258. The quantitative estimate of drug-likeness (QED) is 0.793. The van der Waals surface area contributed by atoms with Crippen molar-refractivity contribution in [2.75, 3.05) is 0 Å². The molecule has 0 heterocycles. The van der Waals surface area contributed by atoms with E-state index in [-0.39, 0.29) is 11.0 Å². The van der Waals surface area contributed by atoms with E-state index < -0.39 is 11.8 Å². The number of alkyl halides is 3. The van der Waals surface area contributed by atoms with E-state index in [1.807, 2.05) is 20.8 Å². The number of hydrogen-bond acceptors (Lipinski definition) is 1. The maximum absolute atomic E-state index is 13.1. The van der Waals surface area contributed by atoms with E-state index in [1.165, 1.54) is 6.07 Å². The Hall–Kier alpha value is -1.55.